The van der Waals surface area contributed by atoms with E-state index in [2.05, 4.69) is 5.32 Å². The average molecular weight is 283 g/mol. The molecule has 0 spiro atoms. The van der Waals surface area contributed by atoms with E-state index in [9.17, 15) is 9.59 Å². The molecule has 4 nitrogen and oxygen atoms in total. The SMILES string of the molecule is Cc1cc(C(=O)N[C@@H](C)C(=O)OC(C)(C)C)c(C)s1. The minimum Gasteiger partial charge on any atom is -0.458 e. The van der Waals surface area contributed by atoms with Gasteiger partial charge in [-0.2, -0.15) is 0 Å². The average Bonchev–Trinajstić information content (AvgIpc) is 2.55. The van der Waals surface area contributed by atoms with E-state index in [4.69, 9.17) is 4.74 Å². The highest BCUT2D eigenvalue weighted by Gasteiger charge is 2.24. The summed E-state index contributed by atoms with van der Waals surface area (Å²) in [5, 5.41) is 2.67. The molecule has 0 aliphatic carbocycles. The maximum Gasteiger partial charge on any atom is 0.328 e. The summed E-state index contributed by atoms with van der Waals surface area (Å²) in [4.78, 5) is 25.9. The molecule has 19 heavy (non-hydrogen) atoms. The summed E-state index contributed by atoms with van der Waals surface area (Å²) in [5.74, 6) is -0.661. The van der Waals surface area contributed by atoms with Gasteiger partial charge in [0.05, 0.1) is 5.56 Å². The number of esters is 1. The number of nitrogens with one attached hydrogen (secondary N) is 1. The van der Waals surface area contributed by atoms with Crippen LogP contribution in [0.3, 0.4) is 0 Å². The fourth-order valence-corrected chi connectivity index (χ4v) is 2.50. The van der Waals surface area contributed by atoms with Crippen LogP contribution in [0.1, 0.15) is 47.8 Å². The van der Waals surface area contributed by atoms with Gasteiger partial charge >= 0.3 is 5.97 Å². The van der Waals surface area contributed by atoms with Crippen LogP contribution in [0.4, 0.5) is 0 Å². The first-order valence-electron chi connectivity index (χ1n) is 6.21. The lowest BCUT2D eigenvalue weighted by Crippen LogP contribution is -2.42. The van der Waals surface area contributed by atoms with Gasteiger partial charge in [0.2, 0.25) is 0 Å². The van der Waals surface area contributed by atoms with Crippen molar-refractivity contribution in [3.63, 3.8) is 0 Å². The molecule has 0 saturated heterocycles. The van der Waals surface area contributed by atoms with Crippen molar-refractivity contribution in [1.82, 2.24) is 5.32 Å². The van der Waals surface area contributed by atoms with Crippen LogP contribution < -0.4 is 5.32 Å². The standard InChI is InChI=1S/C14H21NO3S/c1-8-7-11(10(3)19-8)12(16)15-9(2)13(17)18-14(4,5)6/h7,9H,1-6H3,(H,15,16)/t9-/m0/s1. The lowest BCUT2D eigenvalue weighted by Gasteiger charge is -2.22. The van der Waals surface area contributed by atoms with Gasteiger partial charge in [-0.05, 0) is 47.6 Å². The fourth-order valence-electron chi connectivity index (χ4n) is 1.58. The van der Waals surface area contributed by atoms with E-state index in [0.717, 1.165) is 9.75 Å². The van der Waals surface area contributed by atoms with E-state index in [1.54, 1.807) is 39.0 Å². The Balaban J connectivity index is 2.67. The summed E-state index contributed by atoms with van der Waals surface area (Å²) in [6.07, 6.45) is 0. The highest BCUT2D eigenvalue weighted by Crippen LogP contribution is 2.20. The Morgan fingerprint density at radius 1 is 1.32 bits per heavy atom. The number of rotatable bonds is 3. The zero-order chi connectivity index (χ0) is 14.8. The molecule has 106 valence electrons. The molecule has 0 radical (unpaired) electrons. The zero-order valence-electron chi connectivity index (χ0n) is 12.3. The monoisotopic (exact) mass is 283 g/mol. The molecule has 0 saturated carbocycles. The summed E-state index contributed by atoms with van der Waals surface area (Å²) < 4.78 is 5.22. The number of carbonyl (C=O) groups excluding carboxylic acids is 2. The zero-order valence-corrected chi connectivity index (χ0v) is 13.1. The van der Waals surface area contributed by atoms with Crippen LogP contribution in [0, 0.1) is 13.8 Å². The van der Waals surface area contributed by atoms with Crippen molar-refractivity contribution >= 4 is 23.2 Å². The van der Waals surface area contributed by atoms with Gasteiger partial charge in [-0.1, -0.05) is 0 Å². The third-order valence-corrected chi connectivity index (χ3v) is 3.36. The van der Waals surface area contributed by atoms with Crippen LogP contribution >= 0.6 is 11.3 Å². The number of ether oxygens (including phenoxy) is 1. The van der Waals surface area contributed by atoms with Crippen molar-refractivity contribution < 1.29 is 14.3 Å². The second kappa shape index (κ2) is 5.74. The Kier molecular flexibility index (Phi) is 4.74. The molecular formula is C14H21NO3S. The molecule has 1 N–H and O–H groups in total. The molecule has 1 rings (SSSR count). The highest BCUT2D eigenvalue weighted by molar-refractivity contribution is 7.12. The van der Waals surface area contributed by atoms with E-state index >= 15 is 0 Å². The Morgan fingerprint density at radius 2 is 1.89 bits per heavy atom. The van der Waals surface area contributed by atoms with E-state index in [1.165, 1.54) is 0 Å². The minimum atomic E-state index is -0.661. The van der Waals surface area contributed by atoms with Gasteiger partial charge in [0.25, 0.3) is 5.91 Å². The van der Waals surface area contributed by atoms with Gasteiger partial charge in [0, 0.05) is 9.75 Å². The molecule has 0 unspecified atom stereocenters. The van der Waals surface area contributed by atoms with Gasteiger partial charge in [-0.3, -0.25) is 4.79 Å². The maximum absolute atomic E-state index is 12.0. The second-order valence-electron chi connectivity index (χ2n) is 5.56. The Bertz CT molecular complexity index is 485. The molecule has 1 aromatic rings. The van der Waals surface area contributed by atoms with Crippen molar-refractivity contribution in [3.8, 4) is 0 Å². The smallest absolute Gasteiger partial charge is 0.328 e. The lowest BCUT2D eigenvalue weighted by atomic mass is 10.2. The van der Waals surface area contributed by atoms with Crippen molar-refractivity contribution in [2.24, 2.45) is 0 Å². The largest absolute Gasteiger partial charge is 0.458 e. The first-order valence-corrected chi connectivity index (χ1v) is 7.02. The Hall–Kier alpha value is -1.36. The molecule has 0 aliphatic rings. The Morgan fingerprint density at radius 3 is 2.32 bits per heavy atom. The third kappa shape index (κ3) is 4.67. The predicted molar refractivity (Wildman–Crippen MR) is 76.6 cm³/mol. The molecule has 1 heterocycles. The normalized spacial score (nSPS) is 12.9. The van der Waals surface area contributed by atoms with Crippen molar-refractivity contribution in [2.75, 3.05) is 0 Å². The summed E-state index contributed by atoms with van der Waals surface area (Å²) in [6, 6.07) is 1.17. The van der Waals surface area contributed by atoms with E-state index in [1.807, 2.05) is 19.9 Å². The van der Waals surface area contributed by atoms with E-state index < -0.39 is 17.6 Å². The van der Waals surface area contributed by atoms with Crippen LogP contribution in [0.15, 0.2) is 6.07 Å². The lowest BCUT2D eigenvalue weighted by molar-refractivity contribution is -0.156. The van der Waals surface area contributed by atoms with Gasteiger partial charge in [0.1, 0.15) is 11.6 Å². The number of amides is 1. The molecule has 1 aromatic heterocycles. The van der Waals surface area contributed by atoms with Gasteiger partial charge < -0.3 is 10.1 Å². The van der Waals surface area contributed by atoms with E-state index in [-0.39, 0.29) is 5.91 Å². The van der Waals surface area contributed by atoms with Gasteiger partial charge in [-0.15, -0.1) is 11.3 Å². The van der Waals surface area contributed by atoms with Gasteiger partial charge in [-0.25, -0.2) is 4.79 Å². The number of aryl methyl sites for hydroxylation is 2. The summed E-state index contributed by atoms with van der Waals surface area (Å²) in [6.45, 7) is 10.9. The molecular weight excluding hydrogens is 262 g/mol. The first-order chi connectivity index (χ1) is 8.60. The number of hydrogen-bond acceptors (Lipinski definition) is 4. The topological polar surface area (TPSA) is 55.4 Å². The first kappa shape index (κ1) is 15.7. The molecule has 0 aromatic carbocycles. The van der Waals surface area contributed by atoms with Crippen molar-refractivity contribution in [2.45, 2.75) is 53.2 Å². The van der Waals surface area contributed by atoms with Crippen LogP contribution in [0.25, 0.3) is 0 Å². The third-order valence-electron chi connectivity index (χ3n) is 2.39. The van der Waals surface area contributed by atoms with E-state index in [0.29, 0.717) is 5.56 Å². The molecule has 0 fully saturated rings. The molecule has 0 aliphatic heterocycles. The molecule has 1 atom stereocenters. The predicted octanol–water partition coefficient (Wildman–Crippen LogP) is 2.82. The van der Waals surface area contributed by atoms with Crippen molar-refractivity contribution in [1.29, 1.82) is 0 Å². The second-order valence-corrected chi connectivity index (χ2v) is 7.02. The summed E-state index contributed by atoms with van der Waals surface area (Å²) in [5.41, 5.74) is 0.0724. The van der Waals surface area contributed by atoms with Crippen LogP contribution in [-0.4, -0.2) is 23.5 Å². The number of thiophene rings is 1. The van der Waals surface area contributed by atoms with Gasteiger partial charge in [0.15, 0.2) is 0 Å². The number of hydrogen-bond donors (Lipinski definition) is 1. The molecule has 0 bridgehead atoms. The maximum atomic E-state index is 12.0. The highest BCUT2D eigenvalue weighted by atomic mass is 32.1. The minimum absolute atomic E-state index is 0.236. The Labute approximate surface area is 118 Å². The quantitative estimate of drug-likeness (QED) is 0.868. The fraction of sp³-hybridized carbons (Fsp3) is 0.571. The van der Waals surface area contributed by atoms with Crippen LogP contribution in [-0.2, 0) is 9.53 Å². The molecule has 1 amide bonds. The number of carbonyl (C=O) groups is 2. The van der Waals surface area contributed by atoms with Crippen molar-refractivity contribution in [3.05, 3.63) is 21.4 Å². The van der Waals surface area contributed by atoms with Crippen LogP contribution in [0.2, 0.25) is 0 Å². The van der Waals surface area contributed by atoms with Crippen LogP contribution in [0.5, 0.6) is 0 Å². The summed E-state index contributed by atoms with van der Waals surface area (Å²) in [7, 11) is 0. The summed E-state index contributed by atoms with van der Waals surface area (Å²) >= 11 is 1.57. The molecule has 5 heteroatoms.